The molecule has 23 heavy (non-hydrogen) atoms. The zero-order chi connectivity index (χ0) is 17.2. The molecule has 4 nitrogen and oxygen atoms in total. The lowest BCUT2D eigenvalue weighted by atomic mass is 10.2. The van der Waals surface area contributed by atoms with Crippen LogP contribution in [-0.2, 0) is 15.7 Å². The fraction of sp³-hybridized carbons (Fsp3) is 0.571. The van der Waals surface area contributed by atoms with E-state index in [0.29, 0.717) is 13.1 Å². The van der Waals surface area contributed by atoms with E-state index in [2.05, 4.69) is 4.98 Å². The second-order valence-corrected chi connectivity index (χ2v) is 6.72. The molecule has 1 aromatic heterocycles. The molecule has 2 atom stereocenters. The van der Waals surface area contributed by atoms with Gasteiger partial charge in [0.15, 0.2) is 0 Å². The van der Waals surface area contributed by atoms with Gasteiger partial charge in [-0.2, -0.15) is 13.2 Å². The van der Waals surface area contributed by atoms with Crippen molar-refractivity contribution >= 4 is 29.3 Å². The van der Waals surface area contributed by atoms with Crippen LogP contribution in [-0.4, -0.2) is 46.8 Å². The molecule has 1 aliphatic rings. The third-order valence-corrected chi connectivity index (χ3v) is 4.63. The summed E-state index contributed by atoms with van der Waals surface area (Å²) in [6, 6.07) is 0.820. The van der Waals surface area contributed by atoms with E-state index in [0.717, 1.165) is 24.0 Å². The molecule has 0 N–H and O–H groups in total. The average Bonchev–Trinajstić information content (AvgIpc) is 2.43. The number of carbonyl (C=O) groups is 1. The first-order valence-electron chi connectivity index (χ1n) is 6.95. The number of amides is 1. The fourth-order valence-electron chi connectivity index (χ4n) is 2.29. The van der Waals surface area contributed by atoms with Crippen molar-refractivity contribution in [3.8, 4) is 0 Å². The highest BCUT2D eigenvalue weighted by Gasteiger charge is 2.32. The summed E-state index contributed by atoms with van der Waals surface area (Å²) < 4.78 is 43.2. The van der Waals surface area contributed by atoms with Crippen LogP contribution in [0.15, 0.2) is 17.3 Å². The molecular formula is C14H16ClF3N2O2S. The zero-order valence-electron chi connectivity index (χ0n) is 12.6. The summed E-state index contributed by atoms with van der Waals surface area (Å²) in [4.78, 5) is 17.6. The van der Waals surface area contributed by atoms with E-state index in [4.69, 9.17) is 16.3 Å². The highest BCUT2D eigenvalue weighted by atomic mass is 35.5. The average molecular weight is 369 g/mol. The Morgan fingerprint density at radius 3 is 2.57 bits per heavy atom. The van der Waals surface area contributed by atoms with Crippen molar-refractivity contribution in [2.24, 2.45) is 0 Å². The Morgan fingerprint density at radius 1 is 1.43 bits per heavy atom. The smallest absolute Gasteiger partial charge is 0.372 e. The van der Waals surface area contributed by atoms with Crippen molar-refractivity contribution in [1.29, 1.82) is 0 Å². The Balaban J connectivity index is 1.96. The maximum atomic E-state index is 12.6. The van der Waals surface area contributed by atoms with Crippen molar-refractivity contribution < 1.29 is 22.7 Å². The first-order chi connectivity index (χ1) is 10.7. The van der Waals surface area contributed by atoms with Gasteiger partial charge in [-0.05, 0) is 19.9 Å². The minimum Gasteiger partial charge on any atom is -0.372 e. The minimum absolute atomic E-state index is 0.0412. The number of pyridine rings is 1. The van der Waals surface area contributed by atoms with Crippen LogP contribution in [0.1, 0.15) is 19.4 Å². The van der Waals surface area contributed by atoms with Crippen molar-refractivity contribution in [2.75, 3.05) is 18.8 Å². The second-order valence-electron chi connectivity index (χ2n) is 5.35. The number of carbonyl (C=O) groups excluding carboxylic acids is 1. The van der Waals surface area contributed by atoms with Gasteiger partial charge in [0.05, 0.1) is 28.5 Å². The van der Waals surface area contributed by atoms with Crippen LogP contribution in [0.3, 0.4) is 0 Å². The number of thioether (sulfide) groups is 1. The van der Waals surface area contributed by atoms with Gasteiger partial charge in [0.25, 0.3) is 0 Å². The summed E-state index contributed by atoms with van der Waals surface area (Å²) in [5.74, 6) is -0.0490. The zero-order valence-corrected chi connectivity index (χ0v) is 14.1. The third kappa shape index (κ3) is 4.99. The van der Waals surface area contributed by atoms with Crippen molar-refractivity contribution in [3.05, 3.63) is 22.8 Å². The second kappa shape index (κ2) is 7.27. The molecule has 0 aliphatic carbocycles. The van der Waals surface area contributed by atoms with Gasteiger partial charge < -0.3 is 9.64 Å². The van der Waals surface area contributed by atoms with Crippen LogP contribution in [0.5, 0.6) is 0 Å². The predicted molar refractivity (Wildman–Crippen MR) is 81.6 cm³/mol. The Bertz CT molecular complexity index is 576. The molecule has 1 fully saturated rings. The lowest BCUT2D eigenvalue weighted by molar-refractivity contribution is -0.140. The van der Waals surface area contributed by atoms with Crippen LogP contribution in [0.2, 0.25) is 5.02 Å². The largest absolute Gasteiger partial charge is 0.417 e. The number of hydrogen-bond acceptors (Lipinski definition) is 4. The first-order valence-corrected chi connectivity index (χ1v) is 8.32. The Hall–Kier alpha value is -0.990. The van der Waals surface area contributed by atoms with Gasteiger partial charge in [0, 0.05) is 19.3 Å². The van der Waals surface area contributed by atoms with E-state index >= 15 is 0 Å². The molecule has 1 saturated heterocycles. The van der Waals surface area contributed by atoms with E-state index in [-0.39, 0.29) is 33.9 Å². The first kappa shape index (κ1) is 18.4. The highest BCUT2D eigenvalue weighted by molar-refractivity contribution is 8.00. The van der Waals surface area contributed by atoms with Gasteiger partial charge in [-0.25, -0.2) is 4.98 Å². The molecule has 128 valence electrons. The van der Waals surface area contributed by atoms with E-state index in [9.17, 15) is 18.0 Å². The number of rotatable bonds is 3. The molecule has 1 aromatic rings. The fourth-order valence-corrected chi connectivity index (χ4v) is 3.39. The number of alkyl halides is 3. The van der Waals surface area contributed by atoms with Crippen LogP contribution >= 0.6 is 23.4 Å². The number of hydrogen-bond donors (Lipinski definition) is 0. The summed E-state index contributed by atoms with van der Waals surface area (Å²) in [7, 11) is 0. The molecule has 0 spiro atoms. The quantitative estimate of drug-likeness (QED) is 0.766. The third-order valence-electron chi connectivity index (χ3n) is 3.24. The monoisotopic (exact) mass is 368 g/mol. The van der Waals surface area contributed by atoms with E-state index in [1.807, 2.05) is 13.8 Å². The number of halogens is 4. The van der Waals surface area contributed by atoms with Gasteiger partial charge >= 0.3 is 6.18 Å². The van der Waals surface area contributed by atoms with E-state index in [1.54, 1.807) is 4.90 Å². The van der Waals surface area contributed by atoms with Crippen LogP contribution in [0.25, 0.3) is 0 Å². The molecule has 0 aromatic carbocycles. The van der Waals surface area contributed by atoms with Gasteiger partial charge in [-0.1, -0.05) is 23.4 Å². The molecule has 0 saturated carbocycles. The van der Waals surface area contributed by atoms with Crippen molar-refractivity contribution in [2.45, 2.75) is 37.3 Å². The van der Waals surface area contributed by atoms with E-state index < -0.39 is 11.7 Å². The summed E-state index contributed by atoms with van der Waals surface area (Å²) in [6.45, 7) is 4.77. The minimum atomic E-state index is -4.49. The normalized spacial score (nSPS) is 22.3. The number of nitrogens with zero attached hydrogens (tertiary/aromatic N) is 2. The van der Waals surface area contributed by atoms with Gasteiger partial charge in [-0.3, -0.25) is 4.79 Å². The standard InChI is InChI=1S/C14H16ClF3N2O2S/c1-8-5-20(6-9(2)22-8)12(21)7-23-13-11(15)3-10(4-19-13)14(16,17)18/h3-4,8-9H,5-7H2,1-2H3. The topological polar surface area (TPSA) is 42.4 Å². The number of aromatic nitrogens is 1. The Labute approximate surface area is 141 Å². The Kier molecular flexibility index (Phi) is 5.80. The number of morpholine rings is 1. The molecule has 1 amide bonds. The van der Waals surface area contributed by atoms with Crippen LogP contribution < -0.4 is 0 Å². The molecule has 2 unspecified atom stereocenters. The molecule has 0 radical (unpaired) electrons. The van der Waals surface area contributed by atoms with Crippen molar-refractivity contribution in [1.82, 2.24) is 9.88 Å². The highest BCUT2D eigenvalue weighted by Crippen LogP contribution is 2.33. The van der Waals surface area contributed by atoms with Gasteiger partial charge in [0.2, 0.25) is 5.91 Å². The summed E-state index contributed by atoms with van der Waals surface area (Å²) >= 11 is 6.85. The van der Waals surface area contributed by atoms with Gasteiger partial charge in [-0.15, -0.1) is 0 Å². The SMILES string of the molecule is CC1CN(C(=O)CSc2ncc(C(F)(F)F)cc2Cl)CC(C)O1. The predicted octanol–water partition coefficient (Wildman–Crippen LogP) is 3.48. The molecule has 0 bridgehead atoms. The molecule has 9 heteroatoms. The van der Waals surface area contributed by atoms with Gasteiger partial charge in [0.1, 0.15) is 5.03 Å². The maximum Gasteiger partial charge on any atom is 0.417 e. The lowest BCUT2D eigenvalue weighted by Gasteiger charge is -2.35. The van der Waals surface area contributed by atoms with Crippen molar-refractivity contribution in [3.63, 3.8) is 0 Å². The maximum absolute atomic E-state index is 12.6. The molecular weight excluding hydrogens is 353 g/mol. The van der Waals surface area contributed by atoms with Crippen LogP contribution in [0.4, 0.5) is 13.2 Å². The summed E-state index contributed by atoms with van der Waals surface area (Å²) in [5, 5.41) is 0.101. The van der Waals surface area contributed by atoms with Crippen LogP contribution in [0, 0.1) is 0 Å². The van der Waals surface area contributed by atoms with E-state index in [1.165, 1.54) is 0 Å². The summed E-state index contributed by atoms with van der Waals surface area (Å²) in [5.41, 5.74) is -0.908. The number of ether oxygens (including phenoxy) is 1. The molecule has 2 heterocycles. The molecule has 1 aliphatic heterocycles. The summed E-state index contributed by atoms with van der Waals surface area (Å²) in [6.07, 6.45) is -3.85. The lowest BCUT2D eigenvalue weighted by Crippen LogP contribution is -2.48. The Morgan fingerprint density at radius 2 is 2.04 bits per heavy atom. The molecule has 2 rings (SSSR count).